The SMILES string of the molecule is CC[C@H](C)[C@H](NC(=O)OC)C(=O)NN(Cc1ccc(-c2nnn(C)n2)cc1)C[C@H](O)[C@H](Cc1ccccc1)NC(=O)[C@@H](NC(=O)OC)C(C)(C)C. The van der Waals surface area contributed by atoms with Crippen LogP contribution in [0.3, 0.4) is 0 Å². The molecular formula is C35H51N9O7. The molecule has 278 valence electrons. The predicted molar refractivity (Wildman–Crippen MR) is 188 cm³/mol. The molecule has 51 heavy (non-hydrogen) atoms. The number of tetrazole rings is 1. The summed E-state index contributed by atoms with van der Waals surface area (Å²) < 4.78 is 9.52. The normalized spacial score (nSPS) is 14.4. The van der Waals surface area contributed by atoms with Gasteiger partial charge in [0.2, 0.25) is 11.7 Å². The second kappa shape index (κ2) is 18.8. The van der Waals surface area contributed by atoms with Crippen molar-refractivity contribution < 1.29 is 33.8 Å². The summed E-state index contributed by atoms with van der Waals surface area (Å²) in [5.74, 6) is -0.835. The van der Waals surface area contributed by atoms with Crippen molar-refractivity contribution in [3.8, 4) is 11.4 Å². The molecule has 2 aromatic carbocycles. The lowest BCUT2D eigenvalue weighted by Gasteiger charge is -2.35. The molecule has 4 amide bonds. The Morgan fingerprint density at radius 1 is 0.902 bits per heavy atom. The summed E-state index contributed by atoms with van der Waals surface area (Å²) in [4.78, 5) is 53.2. The summed E-state index contributed by atoms with van der Waals surface area (Å²) in [6.07, 6.45) is -1.93. The molecule has 3 rings (SSSR count). The lowest BCUT2D eigenvalue weighted by Crippen LogP contribution is -2.60. The highest BCUT2D eigenvalue weighted by atomic mass is 16.5. The number of carbonyl (C=O) groups excluding carboxylic acids is 4. The average Bonchev–Trinajstić information content (AvgIpc) is 3.54. The van der Waals surface area contributed by atoms with E-state index in [2.05, 4.69) is 36.8 Å². The van der Waals surface area contributed by atoms with Gasteiger partial charge in [-0.3, -0.25) is 15.0 Å². The number of hydrazine groups is 1. The molecule has 0 fully saturated rings. The molecule has 0 saturated carbocycles. The molecule has 1 aromatic heterocycles. The van der Waals surface area contributed by atoms with Crippen LogP contribution in [-0.2, 0) is 39.1 Å². The number of ether oxygens (including phenoxy) is 2. The largest absolute Gasteiger partial charge is 0.453 e. The lowest BCUT2D eigenvalue weighted by molar-refractivity contribution is -0.131. The Hall–Kier alpha value is -5.09. The van der Waals surface area contributed by atoms with E-state index >= 15 is 0 Å². The first-order valence-corrected chi connectivity index (χ1v) is 16.7. The smallest absolute Gasteiger partial charge is 0.407 e. The maximum absolute atomic E-state index is 13.7. The van der Waals surface area contributed by atoms with Crippen LogP contribution in [0.1, 0.15) is 52.2 Å². The van der Waals surface area contributed by atoms with E-state index in [1.54, 1.807) is 27.8 Å². The summed E-state index contributed by atoms with van der Waals surface area (Å²) in [6, 6.07) is 13.9. The van der Waals surface area contributed by atoms with Crippen LogP contribution in [0.15, 0.2) is 54.6 Å². The monoisotopic (exact) mass is 709 g/mol. The van der Waals surface area contributed by atoms with Gasteiger partial charge in [-0.15, -0.1) is 10.2 Å². The minimum atomic E-state index is -1.23. The number of rotatable bonds is 16. The molecule has 0 aliphatic rings. The van der Waals surface area contributed by atoms with Gasteiger partial charge in [0.15, 0.2) is 0 Å². The van der Waals surface area contributed by atoms with Crippen molar-refractivity contribution in [1.29, 1.82) is 0 Å². The number of alkyl carbamates (subject to hydrolysis) is 2. The van der Waals surface area contributed by atoms with Gasteiger partial charge in [-0.25, -0.2) is 14.6 Å². The van der Waals surface area contributed by atoms with Crippen molar-refractivity contribution >= 4 is 24.0 Å². The van der Waals surface area contributed by atoms with E-state index in [0.717, 1.165) is 16.7 Å². The standard InChI is InChI=1S/C35H51N9O7/c1-9-22(2)28(37-33(48)50-7)31(46)41-44(20-24-15-17-25(18-16-24)30-39-42-43(6)40-30)21-27(45)26(19-23-13-11-10-12-14-23)36-32(47)29(35(3,4)5)38-34(49)51-8/h10-18,22,26-29,45H,9,19-21H2,1-8H3,(H,36,47)(H,37,48)(H,38,49)(H,41,46)/t22-,26-,27-,28-,29+/m0/s1. The third kappa shape index (κ3) is 12.3. The van der Waals surface area contributed by atoms with E-state index in [9.17, 15) is 24.3 Å². The molecule has 0 bridgehead atoms. The van der Waals surface area contributed by atoms with E-state index in [0.29, 0.717) is 12.2 Å². The predicted octanol–water partition coefficient (Wildman–Crippen LogP) is 2.34. The second-order valence-electron chi connectivity index (χ2n) is 13.5. The zero-order valence-electron chi connectivity index (χ0n) is 30.5. The number of aryl methyl sites for hydroxylation is 1. The van der Waals surface area contributed by atoms with Gasteiger partial charge in [0.25, 0.3) is 5.91 Å². The molecule has 5 N–H and O–H groups in total. The maximum atomic E-state index is 13.7. The Bertz CT molecular complexity index is 1580. The number of amides is 4. The molecule has 16 nitrogen and oxygen atoms in total. The average molecular weight is 710 g/mol. The van der Waals surface area contributed by atoms with Crippen molar-refractivity contribution in [2.24, 2.45) is 18.4 Å². The van der Waals surface area contributed by atoms with E-state index in [-0.39, 0.29) is 25.4 Å². The fourth-order valence-corrected chi connectivity index (χ4v) is 5.26. The third-order valence-corrected chi connectivity index (χ3v) is 8.39. The Balaban J connectivity index is 1.94. The van der Waals surface area contributed by atoms with Gasteiger partial charge in [-0.1, -0.05) is 95.6 Å². The summed E-state index contributed by atoms with van der Waals surface area (Å²) in [5.41, 5.74) is 4.54. The summed E-state index contributed by atoms with van der Waals surface area (Å²) in [5, 5.41) is 33.7. The van der Waals surface area contributed by atoms with Crippen LogP contribution in [0.5, 0.6) is 0 Å². The number of carbonyl (C=O) groups is 4. The van der Waals surface area contributed by atoms with E-state index in [4.69, 9.17) is 9.47 Å². The molecular weight excluding hydrogens is 658 g/mol. The van der Waals surface area contributed by atoms with Gasteiger partial charge in [-0.05, 0) is 34.1 Å². The fourth-order valence-electron chi connectivity index (χ4n) is 5.26. The molecule has 16 heteroatoms. The highest BCUT2D eigenvalue weighted by Crippen LogP contribution is 2.21. The number of hydrogen-bond donors (Lipinski definition) is 5. The molecule has 1 heterocycles. The Morgan fingerprint density at radius 2 is 1.53 bits per heavy atom. The Morgan fingerprint density at radius 3 is 2.08 bits per heavy atom. The summed E-state index contributed by atoms with van der Waals surface area (Å²) in [6.45, 7) is 9.14. The van der Waals surface area contributed by atoms with Gasteiger partial charge < -0.3 is 30.5 Å². The minimum Gasteiger partial charge on any atom is -0.453 e. The first-order valence-electron chi connectivity index (χ1n) is 16.7. The molecule has 3 aromatic rings. The topological polar surface area (TPSA) is 202 Å². The van der Waals surface area contributed by atoms with E-state index in [1.807, 2.05) is 68.4 Å². The van der Waals surface area contributed by atoms with Crippen molar-refractivity contribution in [3.63, 3.8) is 0 Å². The molecule has 0 spiro atoms. The number of nitrogens with one attached hydrogen (secondary N) is 4. The van der Waals surface area contributed by atoms with Crippen LogP contribution >= 0.6 is 0 Å². The highest BCUT2D eigenvalue weighted by molar-refractivity contribution is 5.87. The summed E-state index contributed by atoms with van der Waals surface area (Å²) >= 11 is 0. The van der Waals surface area contributed by atoms with Crippen LogP contribution in [0.25, 0.3) is 11.4 Å². The van der Waals surface area contributed by atoms with Crippen LogP contribution in [0.2, 0.25) is 0 Å². The van der Waals surface area contributed by atoms with Crippen LogP contribution in [-0.4, -0.2) is 99.3 Å². The number of aromatic nitrogens is 4. The van der Waals surface area contributed by atoms with Crippen molar-refractivity contribution in [1.82, 2.24) is 46.6 Å². The maximum Gasteiger partial charge on any atom is 0.407 e. The molecule has 0 saturated heterocycles. The van der Waals surface area contributed by atoms with Gasteiger partial charge in [0, 0.05) is 18.7 Å². The number of benzene rings is 2. The Kier molecular flexibility index (Phi) is 14.9. The van der Waals surface area contributed by atoms with Crippen molar-refractivity contribution in [3.05, 3.63) is 65.7 Å². The first-order chi connectivity index (χ1) is 24.1. The van der Waals surface area contributed by atoms with E-state index in [1.165, 1.54) is 24.0 Å². The van der Waals surface area contributed by atoms with Crippen molar-refractivity contribution in [2.45, 2.75) is 78.2 Å². The third-order valence-electron chi connectivity index (χ3n) is 8.39. The number of nitrogens with zero attached hydrogens (tertiary/aromatic N) is 5. The van der Waals surface area contributed by atoms with Gasteiger partial charge in [0.05, 0.1) is 33.4 Å². The van der Waals surface area contributed by atoms with E-state index < -0.39 is 53.6 Å². The van der Waals surface area contributed by atoms with Crippen LogP contribution in [0.4, 0.5) is 9.59 Å². The Labute approximate surface area is 298 Å². The molecule has 0 aliphatic heterocycles. The van der Waals surface area contributed by atoms with Crippen LogP contribution < -0.4 is 21.4 Å². The van der Waals surface area contributed by atoms with Gasteiger partial charge in [-0.2, -0.15) is 4.80 Å². The lowest BCUT2D eigenvalue weighted by atomic mass is 9.85. The zero-order valence-corrected chi connectivity index (χ0v) is 30.5. The van der Waals surface area contributed by atoms with Gasteiger partial charge >= 0.3 is 12.2 Å². The molecule has 0 aliphatic carbocycles. The number of hydrogen-bond acceptors (Lipinski definition) is 11. The quantitative estimate of drug-likeness (QED) is 0.137. The van der Waals surface area contributed by atoms with Crippen LogP contribution in [0, 0.1) is 11.3 Å². The van der Waals surface area contributed by atoms with Gasteiger partial charge in [0.1, 0.15) is 12.1 Å². The molecule has 0 radical (unpaired) electrons. The van der Waals surface area contributed by atoms with Crippen molar-refractivity contribution in [2.75, 3.05) is 20.8 Å². The molecule has 5 atom stereocenters. The number of methoxy groups -OCH3 is 2. The highest BCUT2D eigenvalue weighted by Gasteiger charge is 2.36. The zero-order chi connectivity index (χ0) is 37.7. The number of aliphatic hydroxyl groups excluding tert-OH is 1. The fraction of sp³-hybridized carbons (Fsp3) is 0.514. The number of aliphatic hydroxyl groups is 1. The minimum absolute atomic E-state index is 0.132. The second-order valence-corrected chi connectivity index (χ2v) is 13.5. The summed E-state index contributed by atoms with van der Waals surface area (Å²) in [7, 11) is 4.10. The molecule has 0 unspecified atom stereocenters. The first kappa shape index (κ1) is 40.3.